The summed E-state index contributed by atoms with van der Waals surface area (Å²) in [5.41, 5.74) is 1.02. The molecule has 0 radical (unpaired) electrons. The van der Waals surface area contributed by atoms with Crippen molar-refractivity contribution in [2.75, 3.05) is 6.54 Å². The number of carbonyl (C=O) groups is 1. The van der Waals surface area contributed by atoms with Crippen LogP contribution >= 0.6 is 0 Å². The molecule has 2 aromatic rings. The van der Waals surface area contributed by atoms with Crippen LogP contribution in [0.4, 0.5) is 4.39 Å². The lowest BCUT2D eigenvalue weighted by Crippen LogP contribution is -2.40. The minimum atomic E-state index is -0.787. The SMILES string of the molecule is Cn1nc(C(=O)NCC2(O)CCCC2)cc1-c1ccc(F)cc1. The Morgan fingerprint density at radius 1 is 1.35 bits per heavy atom. The van der Waals surface area contributed by atoms with Crippen molar-refractivity contribution < 1.29 is 14.3 Å². The largest absolute Gasteiger partial charge is 0.388 e. The molecule has 122 valence electrons. The van der Waals surface area contributed by atoms with Gasteiger partial charge in [0.1, 0.15) is 5.82 Å². The van der Waals surface area contributed by atoms with Crippen LogP contribution in [-0.4, -0.2) is 32.9 Å². The standard InChI is InChI=1S/C17H20FN3O2/c1-21-15(12-4-6-13(18)7-5-12)10-14(20-21)16(22)19-11-17(23)8-2-3-9-17/h4-7,10,23H,2-3,8-9,11H2,1H3,(H,19,22). The number of halogens is 1. The van der Waals surface area contributed by atoms with E-state index in [-0.39, 0.29) is 24.0 Å². The van der Waals surface area contributed by atoms with Gasteiger partial charge in [-0.2, -0.15) is 5.10 Å². The zero-order chi connectivity index (χ0) is 16.4. The summed E-state index contributed by atoms with van der Waals surface area (Å²) in [7, 11) is 1.74. The number of hydrogen-bond donors (Lipinski definition) is 2. The van der Waals surface area contributed by atoms with Gasteiger partial charge in [-0.05, 0) is 48.7 Å². The molecule has 1 fully saturated rings. The second-order valence-electron chi connectivity index (χ2n) is 6.16. The Labute approximate surface area is 134 Å². The third-order valence-corrected chi connectivity index (χ3v) is 4.36. The van der Waals surface area contributed by atoms with Crippen LogP contribution in [-0.2, 0) is 7.05 Å². The summed E-state index contributed by atoms with van der Waals surface area (Å²) in [5.74, 6) is -0.618. The molecule has 0 saturated heterocycles. The van der Waals surface area contributed by atoms with Gasteiger partial charge in [-0.25, -0.2) is 4.39 Å². The van der Waals surface area contributed by atoms with Crippen molar-refractivity contribution in [1.29, 1.82) is 0 Å². The van der Waals surface area contributed by atoms with Crippen molar-refractivity contribution in [3.05, 3.63) is 41.8 Å². The smallest absolute Gasteiger partial charge is 0.271 e. The number of aryl methyl sites for hydroxylation is 1. The second kappa shape index (κ2) is 6.12. The first kappa shape index (κ1) is 15.7. The van der Waals surface area contributed by atoms with Crippen LogP contribution in [0.2, 0.25) is 0 Å². The average molecular weight is 317 g/mol. The van der Waals surface area contributed by atoms with Gasteiger partial charge in [-0.1, -0.05) is 12.8 Å². The number of rotatable bonds is 4. The molecule has 1 aromatic heterocycles. The third kappa shape index (κ3) is 3.42. The topological polar surface area (TPSA) is 67.2 Å². The molecule has 0 aliphatic heterocycles. The van der Waals surface area contributed by atoms with Gasteiger partial charge < -0.3 is 10.4 Å². The summed E-state index contributed by atoms with van der Waals surface area (Å²) in [6.45, 7) is 0.244. The van der Waals surface area contributed by atoms with Gasteiger partial charge in [-0.3, -0.25) is 9.48 Å². The number of nitrogens with zero attached hydrogens (tertiary/aromatic N) is 2. The summed E-state index contributed by atoms with van der Waals surface area (Å²) in [4.78, 5) is 12.2. The van der Waals surface area contributed by atoms with Crippen LogP contribution < -0.4 is 5.32 Å². The van der Waals surface area contributed by atoms with Crippen LogP contribution in [0, 0.1) is 5.82 Å². The van der Waals surface area contributed by atoms with E-state index in [1.165, 1.54) is 12.1 Å². The number of aliphatic hydroxyl groups is 1. The molecule has 23 heavy (non-hydrogen) atoms. The van der Waals surface area contributed by atoms with E-state index in [0.29, 0.717) is 0 Å². The van der Waals surface area contributed by atoms with Crippen LogP contribution in [0.3, 0.4) is 0 Å². The first-order chi connectivity index (χ1) is 11.0. The normalized spacial score (nSPS) is 16.5. The van der Waals surface area contributed by atoms with E-state index in [2.05, 4.69) is 10.4 Å². The summed E-state index contributed by atoms with van der Waals surface area (Å²) in [5, 5.41) is 17.2. The highest BCUT2D eigenvalue weighted by molar-refractivity contribution is 5.93. The van der Waals surface area contributed by atoms with Crippen molar-refractivity contribution in [2.45, 2.75) is 31.3 Å². The monoisotopic (exact) mass is 317 g/mol. The maximum Gasteiger partial charge on any atom is 0.271 e. The highest BCUT2D eigenvalue weighted by Gasteiger charge is 2.31. The molecule has 0 spiro atoms. The molecule has 1 aliphatic rings. The summed E-state index contributed by atoms with van der Waals surface area (Å²) >= 11 is 0. The zero-order valence-electron chi connectivity index (χ0n) is 13.1. The van der Waals surface area contributed by atoms with Gasteiger partial charge >= 0.3 is 0 Å². The van der Waals surface area contributed by atoms with E-state index < -0.39 is 5.60 Å². The number of aromatic nitrogens is 2. The highest BCUT2D eigenvalue weighted by Crippen LogP contribution is 2.28. The van der Waals surface area contributed by atoms with E-state index in [9.17, 15) is 14.3 Å². The van der Waals surface area contributed by atoms with E-state index in [0.717, 1.165) is 36.9 Å². The van der Waals surface area contributed by atoms with Gasteiger partial charge in [0.15, 0.2) is 5.69 Å². The quantitative estimate of drug-likeness (QED) is 0.909. The Morgan fingerprint density at radius 3 is 2.65 bits per heavy atom. The molecule has 6 heteroatoms. The van der Waals surface area contributed by atoms with Gasteiger partial charge in [0.2, 0.25) is 0 Å². The zero-order valence-corrected chi connectivity index (χ0v) is 13.1. The minimum Gasteiger partial charge on any atom is -0.388 e. The lowest BCUT2D eigenvalue weighted by atomic mass is 10.0. The second-order valence-corrected chi connectivity index (χ2v) is 6.16. The van der Waals surface area contributed by atoms with Crippen LogP contribution in [0.1, 0.15) is 36.2 Å². The predicted molar refractivity (Wildman–Crippen MR) is 84.4 cm³/mol. The van der Waals surface area contributed by atoms with Crippen LogP contribution in [0.5, 0.6) is 0 Å². The predicted octanol–water partition coefficient (Wildman–Crippen LogP) is 2.26. The Kier molecular flexibility index (Phi) is 4.17. The van der Waals surface area contributed by atoms with Gasteiger partial charge in [0.25, 0.3) is 5.91 Å². The maximum absolute atomic E-state index is 13.0. The number of amides is 1. The summed E-state index contributed by atoms with van der Waals surface area (Å²) < 4.78 is 14.6. The molecule has 1 heterocycles. The molecule has 3 rings (SSSR count). The average Bonchev–Trinajstić information content (AvgIpc) is 3.13. The van der Waals surface area contributed by atoms with Crippen LogP contribution in [0.25, 0.3) is 11.3 Å². The Balaban J connectivity index is 1.72. The Hall–Kier alpha value is -2.21. The van der Waals surface area contributed by atoms with E-state index in [4.69, 9.17) is 0 Å². The lowest BCUT2D eigenvalue weighted by Gasteiger charge is -2.21. The molecular weight excluding hydrogens is 297 g/mol. The van der Waals surface area contributed by atoms with Crippen molar-refractivity contribution in [1.82, 2.24) is 15.1 Å². The summed E-state index contributed by atoms with van der Waals surface area (Å²) in [6.07, 6.45) is 3.42. The lowest BCUT2D eigenvalue weighted by molar-refractivity contribution is 0.0448. The number of carbonyl (C=O) groups excluding carboxylic acids is 1. The van der Waals surface area contributed by atoms with Crippen molar-refractivity contribution in [2.24, 2.45) is 7.05 Å². The number of benzene rings is 1. The van der Waals surface area contributed by atoms with Crippen LogP contribution in [0.15, 0.2) is 30.3 Å². The van der Waals surface area contributed by atoms with Gasteiger partial charge in [0.05, 0.1) is 11.3 Å². The third-order valence-electron chi connectivity index (χ3n) is 4.36. The summed E-state index contributed by atoms with van der Waals surface area (Å²) in [6, 6.07) is 7.71. The van der Waals surface area contributed by atoms with Gasteiger partial charge in [-0.15, -0.1) is 0 Å². The fourth-order valence-corrected chi connectivity index (χ4v) is 3.01. The number of nitrogens with one attached hydrogen (secondary N) is 1. The highest BCUT2D eigenvalue weighted by atomic mass is 19.1. The molecule has 5 nitrogen and oxygen atoms in total. The van der Waals surface area contributed by atoms with Crippen molar-refractivity contribution >= 4 is 5.91 Å². The first-order valence-corrected chi connectivity index (χ1v) is 7.77. The molecule has 2 N–H and O–H groups in total. The fraction of sp³-hybridized carbons (Fsp3) is 0.412. The molecule has 1 aliphatic carbocycles. The molecule has 0 atom stereocenters. The number of hydrogen-bond acceptors (Lipinski definition) is 3. The fourth-order valence-electron chi connectivity index (χ4n) is 3.01. The molecule has 0 unspecified atom stereocenters. The van der Waals surface area contributed by atoms with Crippen molar-refractivity contribution in [3.63, 3.8) is 0 Å². The van der Waals surface area contributed by atoms with Gasteiger partial charge in [0, 0.05) is 13.6 Å². The minimum absolute atomic E-state index is 0.244. The molecular formula is C17H20FN3O2. The Morgan fingerprint density at radius 2 is 2.00 bits per heavy atom. The molecule has 1 aromatic carbocycles. The molecule has 1 amide bonds. The first-order valence-electron chi connectivity index (χ1n) is 7.77. The van der Waals surface area contributed by atoms with Crippen molar-refractivity contribution in [3.8, 4) is 11.3 Å². The molecule has 1 saturated carbocycles. The maximum atomic E-state index is 13.0. The Bertz CT molecular complexity index is 703. The van der Waals surface area contributed by atoms with E-state index >= 15 is 0 Å². The molecule has 0 bridgehead atoms. The van der Waals surface area contributed by atoms with E-state index in [1.54, 1.807) is 29.9 Å². The van der Waals surface area contributed by atoms with E-state index in [1.807, 2.05) is 0 Å².